The first kappa shape index (κ1) is 16.7. The average Bonchev–Trinajstić information content (AvgIpc) is 3.10. The highest BCUT2D eigenvalue weighted by Crippen LogP contribution is 2.31. The Balaban J connectivity index is 1.84. The number of nitrogens with zero attached hydrogens (tertiary/aromatic N) is 2. The predicted octanol–water partition coefficient (Wildman–Crippen LogP) is 1.66. The average molecular weight is 352 g/mol. The van der Waals surface area contributed by atoms with Gasteiger partial charge in [0.05, 0.1) is 24.3 Å². The van der Waals surface area contributed by atoms with Crippen LogP contribution in [0.2, 0.25) is 0 Å². The van der Waals surface area contributed by atoms with Crippen molar-refractivity contribution in [3.8, 4) is 11.3 Å². The fourth-order valence-electron chi connectivity index (χ4n) is 2.46. The number of carbonyl (C=O) groups excluding carboxylic acids is 2. The molecule has 132 valence electrons. The third-order valence-electron chi connectivity index (χ3n) is 3.57. The number of nitrogens with one attached hydrogen (secondary N) is 1. The molecule has 1 aromatic carbocycles. The van der Waals surface area contributed by atoms with E-state index in [9.17, 15) is 18.4 Å². The maximum absolute atomic E-state index is 14.3. The van der Waals surface area contributed by atoms with Gasteiger partial charge >= 0.3 is 6.09 Å². The molecule has 1 saturated heterocycles. The van der Waals surface area contributed by atoms with Crippen LogP contribution in [-0.2, 0) is 9.53 Å². The molecule has 0 bridgehead atoms. The number of amides is 2. The highest BCUT2D eigenvalue weighted by atomic mass is 19.1. The third kappa shape index (κ3) is 3.37. The van der Waals surface area contributed by atoms with Crippen LogP contribution >= 0.6 is 0 Å². The molecule has 2 amide bonds. The van der Waals surface area contributed by atoms with Crippen molar-refractivity contribution in [3.63, 3.8) is 0 Å². The Bertz CT molecular complexity index is 816. The molecule has 1 unspecified atom stereocenters. The van der Waals surface area contributed by atoms with Gasteiger partial charge in [0.1, 0.15) is 29.7 Å². The lowest BCUT2D eigenvalue weighted by Crippen LogP contribution is -2.33. The van der Waals surface area contributed by atoms with Crippen molar-refractivity contribution in [2.45, 2.75) is 13.0 Å². The number of halogens is 2. The van der Waals surface area contributed by atoms with Gasteiger partial charge in [-0.25, -0.2) is 13.6 Å². The van der Waals surface area contributed by atoms with Crippen LogP contribution in [0.15, 0.2) is 22.8 Å². The number of hydrogen-bond donors (Lipinski definition) is 2. The fraction of sp³-hybridized carbons (Fsp3) is 0.267. The van der Waals surface area contributed by atoms with Gasteiger partial charge < -0.3 is 20.2 Å². The minimum absolute atomic E-state index is 0.00876. The number of carbonyl (C=O) groups is 2. The SMILES string of the molecule is CC(=O)NCC1CN(c2cc(F)c(-c3coc(N)n3)c(F)c2)C(=O)O1. The summed E-state index contributed by atoms with van der Waals surface area (Å²) >= 11 is 0. The number of oxazole rings is 1. The largest absolute Gasteiger partial charge is 0.442 e. The van der Waals surface area contributed by atoms with Crippen LogP contribution in [0.25, 0.3) is 11.3 Å². The van der Waals surface area contributed by atoms with Gasteiger partial charge in [-0.1, -0.05) is 0 Å². The molecule has 2 aromatic rings. The van der Waals surface area contributed by atoms with Gasteiger partial charge in [0.25, 0.3) is 6.01 Å². The van der Waals surface area contributed by atoms with Gasteiger partial charge in [-0.15, -0.1) is 0 Å². The van der Waals surface area contributed by atoms with E-state index in [1.165, 1.54) is 6.92 Å². The van der Waals surface area contributed by atoms with E-state index < -0.39 is 29.4 Å². The molecule has 8 nitrogen and oxygen atoms in total. The summed E-state index contributed by atoms with van der Waals surface area (Å²) in [6, 6.07) is 1.76. The van der Waals surface area contributed by atoms with Crippen molar-refractivity contribution >= 4 is 23.7 Å². The number of ether oxygens (including phenoxy) is 1. The van der Waals surface area contributed by atoms with E-state index in [2.05, 4.69) is 10.3 Å². The predicted molar refractivity (Wildman–Crippen MR) is 82.6 cm³/mol. The van der Waals surface area contributed by atoms with Gasteiger partial charge in [-0.2, -0.15) is 4.98 Å². The molecule has 2 heterocycles. The quantitative estimate of drug-likeness (QED) is 0.866. The zero-order chi connectivity index (χ0) is 18.1. The first-order valence-corrected chi connectivity index (χ1v) is 7.28. The second kappa shape index (κ2) is 6.38. The van der Waals surface area contributed by atoms with E-state index >= 15 is 0 Å². The monoisotopic (exact) mass is 352 g/mol. The number of benzene rings is 1. The molecule has 1 fully saturated rings. The first-order valence-electron chi connectivity index (χ1n) is 7.28. The van der Waals surface area contributed by atoms with Crippen molar-refractivity contribution in [2.24, 2.45) is 0 Å². The number of aromatic nitrogens is 1. The summed E-state index contributed by atoms with van der Waals surface area (Å²) in [4.78, 5) is 27.6. The van der Waals surface area contributed by atoms with Crippen LogP contribution in [-0.4, -0.2) is 36.2 Å². The standard InChI is InChI=1S/C15H14F2N4O4/c1-7(22)19-4-9-5-21(15(23)25-9)8-2-10(16)13(11(17)3-8)12-6-24-14(18)20-12/h2-3,6,9H,4-5H2,1H3,(H2,18,20)(H,19,22). The highest BCUT2D eigenvalue weighted by molar-refractivity contribution is 5.90. The van der Waals surface area contributed by atoms with E-state index in [0.29, 0.717) is 0 Å². The third-order valence-corrected chi connectivity index (χ3v) is 3.57. The molecule has 0 aliphatic carbocycles. The zero-order valence-corrected chi connectivity index (χ0v) is 13.1. The summed E-state index contributed by atoms with van der Waals surface area (Å²) < 4.78 is 38.5. The molecule has 1 atom stereocenters. The summed E-state index contributed by atoms with van der Waals surface area (Å²) in [5.74, 6) is -2.13. The van der Waals surface area contributed by atoms with E-state index in [1.807, 2.05) is 0 Å². The summed E-state index contributed by atoms with van der Waals surface area (Å²) in [6.45, 7) is 1.49. The minimum atomic E-state index is -0.929. The van der Waals surface area contributed by atoms with E-state index in [0.717, 1.165) is 23.3 Å². The number of nitrogens with two attached hydrogens (primary N) is 1. The number of anilines is 2. The Hall–Kier alpha value is -3.17. The molecule has 0 radical (unpaired) electrons. The summed E-state index contributed by atoms with van der Waals surface area (Å²) in [5, 5.41) is 2.51. The van der Waals surface area contributed by atoms with Crippen LogP contribution in [0.3, 0.4) is 0 Å². The normalized spacial score (nSPS) is 16.8. The number of rotatable bonds is 4. The molecule has 3 N–H and O–H groups in total. The van der Waals surface area contributed by atoms with Crippen LogP contribution in [0.5, 0.6) is 0 Å². The van der Waals surface area contributed by atoms with Crippen molar-refractivity contribution in [2.75, 3.05) is 23.7 Å². The summed E-state index contributed by atoms with van der Waals surface area (Å²) in [7, 11) is 0. The zero-order valence-electron chi connectivity index (χ0n) is 13.1. The molecule has 25 heavy (non-hydrogen) atoms. The van der Waals surface area contributed by atoms with Gasteiger partial charge in [-0.05, 0) is 12.1 Å². The maximum atomic E-state index is 14.3. The van der Waals surface area contributed by atoms with Crippen molar-refractivity contribution in [1.29, 1.82) is 0 Å². The molecule has 0 spiro atoms. The summed E-state index contributed by atoms with van der Waals surface area (Å²) in [5.41, 5.74) is 4.80. The van der Waals surface area contributed by atoms with Gasteiger partial charge in [0.15, 0.2) is 0 Å². The van der Waals surface area contributed by atoms with Crippen LogP contribution < -0.4 is 16.0 Å². The Morgan fingerprint density at radius 1 is 1.44 bits per heavy atom. The van der Waals surface area contributed by atoms with Crippen molar-refractivity contribution in [1.82, 2.24) is 10.3 Å². The minimum Gasteiger partial charge on any atom is -0.442 e. The van der Waals surface area contributed by atoms with Gasteiger partial charge in [-0.3, -0.25) is 9.69 Å². The Labute approximate surface area is 140 Å². The molecule has 10 heteroatoms. The highest BCUT2D eigenvalue weighted by Gasteiger charge is 2.33. The van der Waals surface area contributed by atoms with Gasteiger partial charge in [0.2, 0.25) is 5.91 Å². The smallest absolute Gasteiger partial charge is 0.414 e. The fourth-order valence-corrected chi connectivity index (χ4v) is 2.46. The maximum Gasteiger partial charge on any atom is 0.414 e. The molecular weight excluding hydrogens is 338 g/mol. The molecule has 0 saturated carbocycles. The van der Waals surface area contributed by atoms with E-state index in [-0.39, 0.29) is 36.4 Å². The lowest BCUT2D eigenvalue weighted by Gasteiger charge is -2.14. The molecule has 1 aliphatic heterocycles. The molecule has 3 rings (SSSR count). The lowest BCUT2D eigenvalue weighted by molar-refractivity contribution is -0.119. The Morgan fingerprint density at radius 2 is 2.12 bits per heavy atom. The number of hydrogen-bond acceptors (Lipinski definition) is 6. The van der Waals surface area contributed by atoms with Gasteiger partial charge in [0, 0.05) is 6.92 Å². The lowest BCUT2D eigenvalue weighted by atomic mass is 10.1. The Morgan fingerprint density at radius 3 is 2.68 bits per heavy atom. The first-order chi connectivity index (χ1) is 11.8. The Kier molecular flexibility index (Phi) is 4.26. The summed E-state index contributed by atoms with van der Waals surface area (Å²) in [6.07, 6.45) is -0.338. The van der Waals surface area contributed by atoms with Crippen molar-refractivity contribution in [3.05, 3.63) is 30.0 Å². The van der Waals surface area contributed by atoms with Crippen LogP contribution in [0, 0.1) is 11.6 Å². The topological polar surface area (TPSA) is 111 Å². The molecular formula is C15H14F2N4O4. The van der Waals surface area contributed by atoms with E-state index in [1.54, 1.807) is 0 Å². The second-order valence-electron chi connectivity index (χ2n) is 5.41. The van der Waals surface area contributed by atoms with Crippen molar-refractivity contribution < 1.29 is 27.5 Å². The number of cyclic esters (lactones) is 1. The molecule has 1 aromatic heterocycles. The number of nitrogen functional groups attached to an aromatic ring is 1. The molecule has 1 aliphatic rings. The van der Waals surface area contributed by atoms with Crippen LogP contribution in [0.1, 0.15) is 6.92 Å². The van der Waals surface area contributed by atoms with Crippen LogP contribution in [0.4, 0.5) is 25.3 Å². The van der Waals surface area contributed by atoms with E-state index in [4.69, 9.17) is 14.9 Å². The second-order valence-corrected chi connectivity index (χ2v) is 5.41.